The van der Waals surface area contributed by atoms with Crippen molar-refractivity contribution in [1.82, 2.24) is 58.3 Å². The SMILES string of the molecule is CCS(=O)(=O)N1CC(Oc2cc(C)nc(C(=O)Cc3ccc(C)cn3)c2)C1.Cc1cc(OC2CN(C(=O)N(C)C)C2)cc(C(=O)Cc2nc(C)cs2)n1.Cc1cc(OC2CS(=O)C2)cc(C(=O)Cc2nc(C)cs2)n1.Cc1ccc(CC(=O)c2cc(OC3CN(S(=O)(=O)C(C)C)C3)cc(C)n2)nc1. The lowest BCUT2D eigenvalue weighted by molar-refractivity contribution is 0.0355. The molecule has 0 atom stereocenters. The molecule has 0 spiro atoms. The van der Waals surface area contributed by atoms with Crippen molar-refractivity contribution in [2.45, 2.75) is 132 Å². The standard InChI is InChI=1S/C20H25N3O4S.C19H23N3O4S.C18H22N4O3S.C15H16N2O3S2/c1-13(2)28(25,26)23-11-18(12-23)27-17-7-15(4)22-19(9-17)20(24)8-16-6-5-14(3)10-21-16;1-4-27(24,25)22-11-17(12-22)26-16-7-14(3)21-18(9-16)19(23)8-15-6-5-13(2)10-20-15;1-11-5-13(25-14-8-22(9-14)18(24)21(3)4)6-15(19-11)16(23)7-17-20-12(2)10-26-17;1-9-3-11(20-12-7-22(19)8-12)4-13(16-9)14(18)5-15-17-10(2)6-21-15/h5-7,9-10,13,18H,8,11-12H2,1-4H3;5-7,9-10,17H,4,8,11-12H2,1-3H3;5-6,10,14H,7-9H2,1-4H3;3-4,6,12H,5,7-8H2,1-2H3. The van der Waals surface area contributed by atoms with Crippen LogP contribution in [0.1, 0.15) is 129 Å². The Morgan fingerprint density at radius 3 is 1.16 bits per heavy atom. The summed E-state index contributed by atoms with van der Waals surface area (Å²) in [5.74, 6) is 3.06. The van der Waals surface area contributed by atoms with Gasteiger partial charge in [0.15, 0.2) is 23.1 Å². The van der Waals surface area contributed by atoms with Crippen molar-refractivity contribution >= 4 is 82.7 Å². The van der Waals surface area contributed by atoms with Gasteiger partial charge >= 0.3 is 6.03 Å². The summed E-state index contributed by atoms with van der Waals surface area (Å²) in [4.78, 5) is 99.5. The van der Waals surface area contributed by atoms with E-state index in [1.165, 1.54) is 31.3 Å². The predicted molar refractivity (Wildman–Crippen MR) is 393 cm³/mol. The van der Waals surface area contributed by atoms with E-state index >= 15 is 0 Å². The Morgan fingerprint density at radius 1 is 0.495 bits per heavy atom. The summed E-state index contributed by atoms with van der Waals surface area (Å²) in [6.45, 7) is 22.3. The largest absolute Gasteiger partial charge is 0.488 e. The van der Waals surface area contributed by atoms with E-state index in [1.54, 1.807) is 119 Å². The molecule has 2 amide bonds. The molecule has 26 nitrogen and oxygen atoms in total. The number of Topliss-reactive ketones (excluding diaryl/α,β-unsaturated/α-hetero) is 4. The topological polar surface area (TPSA) is 324 Å². The number of likely N-dealkylation sites (tertiary alicyclic amines) is 1. The number of carbonyl (C=O) groups excluding carboxylic acids is 5. The van der Waals surface area contributed by atoms with Crippen molar-refractivity contribution in [1.29, 1.82) is 0 Å². The van der Waals surface area contributed by atoms with Crippen LogP contribution in [0, 0.1) is 55.4 Å². The molecule has 0 radical (unpaired) electrons. The van der Waals surface area contributed by atoms with Crippen LogP contribution in [0.15, 0.2) is 96.0 Å². The van der Waals surface area contributed by atoms with Gasteiger partial charge in [0.25, 0.3) is 0 Å². The average Bonchev–Trinajstić information content (AvgIpc) is 1.02. The highest BCUT2D eigenvalue weighted by Gasteiger charge is 2.40. The maximum Gasteiger partial charge on any atom is 0.319 e. The Morgan fingerprint density at radius 2 is 0.845 bits per heavy atom. The number of aromatic nitrogens is 8. The van der Waals surface area contributed by atoms with Crippen LogP contribution in [0.25, 0.3) is 0 Å². The smallest absolute Gasteiger partial charge is 0.319 e. The summed E-state index contributed by atoms with van der Waals surface area (Å²) >= 11 is 2.96. The molecule has 548 valence electrons. The molecule has 12 heterocycles. The van der Waals surface area contributed by atoms with Gasteiger partial charge in [0.05, 0.1) is 87.5 Å². The molecular formula is C72H86N12O14S5. The number of sulfonamides is 2. The van der Waals surface area contributed by atoms with Gasteiger partial charge < -0.3 is 28.7 Å². The van der Waals surface area contributed by atoms with Crippen molar-refractivity contribution in [2.75, 3.05) is 70.6 Å². The number of hydrogen-bond acceptors (Lipinski definition) is 24. The lowest BCUT2D eigenvalue weighted by Gasteiger charge is -2.40. The number of thiazole rings is 2. The minimum Gasteiger partial charge on any atom is -0.488 e. The van der Waals surface area contributed by atoms with Crippen LogP contribution in [0.3, 0.4) is 0 Å². The molecule has 0 aliphatic carbocycles. The summed E-state index contributed by atoms with van der Waals surface area (Å²) in [6, 6.07) is 21.1. The molecule has 12 rings (SSSR count). The Labute approximate surface area is 611 Å². The van der Waals surface area contributed by atoms with E-state index in [2.05, 4.69) is 39.9 Å². The average molecular weight is 1500 g/mol. The molecule has 4 aliphatic heterocycles. The molecule has 8 aromatic rings. The Hall–Kier alpha value is -8.72. The van der Waals surface area contributed by atoms with Gasteiger partial charge in [-0.25, -0.2) is 51.5 Å². The molecule has 103 heavy (non-hydrogen) atoms. The number of amides is 2. The van der Waals surface area contributed by atoms with Gasteiger partial charge in [0.2, 0.25) is 20.0 Å². The molecule has 4 saturated heterocycles. The third kappa shape index (κ3) is 22.4. The Balaban J connectivity index is 0.000000160. The minimum absolute atomic E-state index is 0.0211. The van der Waals surface area contributed by atoms with Crippen LogP contribution < -0.4 is 18.9 Å². The Kier molecular flexibility index (Phi) is 26.4. The van der Waals surface area contributed by atoms with E-state index < -0.39 is 36.1 Å². The van der Waals surface area contributed by atoms with Gasteiger partial charge in [0, 0.05) is 142 Å². The predicted octanol–water partition coefficient (Wildman–Crippen LogP) is 8.67. The van der Waals surface area contributed by atoms with Crippen LogP contribution in [0.4, 0.5) is 4.79 Å². The van der Waals surface area contributed by atoms with Crippen LogP contribution in [-0.2, 0) is 56.5 Å². The molecule has 4 aliphatic rings. The quantitative estimate of drug-likeness (QED) is 0.0510. The normalized spacial score (nSPS) is 16.2. The molecule has 4 fully saturated rings. The van der Waals surface area contributed by atoms with Crippen LogP contribution in [0.2, 0.25) is 0 Å². The summed E-state index contributed by atoms with van der Waals surface area (Å²) in [5.41, 5.74) is 9.51. The zero-order valence-electron chi connectivity index (χ0n) is 59.9. The number of ketones is 4. The highest BCUT2D eigenvalue weighted by atomic mass is 32.2. The second kappa shape index (κ2) is 34.7. The first-order chi connectivity index (χ1) is 48.7. The summed E-state index contributed by atoms with van der Waals surface area (Å²) in [6.07, 6.45) is 3.76. The molecule has 0 saturated carbocycles. The van der Waals surface area contributed by atoms with E-state index in [1.807, 2.05) is 76.6 Å². The van der Waals surface area contributed by atoms with Crippen LogP contribution >= 0.6 is 22.7 Å². The first-order valence-electron chi connectivity index (χ1n) is 33.4. The molecule has 0 unspecified atom stereocenters. The molecule has 0 aromatic carbocycles. The molecule has 0 N–H and O–H groups in total. The van der Waals surface area contributed by atoms with Gasteiger partial charge in [-0.2, -0.15) is 8.61 Å². The van der Waals surface area contributed by atoms with E-state index in [0.29, 0.717) is 119 Å². The number of carbonyl (C=O) groups is 5. The van der Waals surface area contributed by atoms with Gasteiger partial charge in [-0.15, -0.1) is 22.7 Å². The lowest BCUT2D eigenvalue weighted by atomic mass is 10.1. The number of ether oxygens (including phenoxy) is 4. The van der Waals surface area contributed by atoms with Crippen molar-refractivity contribution in [3.63, 3.8) is 0 Å². The number of hydrogen-bond donors (Lipinski definition) is 0. The first-order valence-corrected chi connectivity index (χ1v) is 39.8. The highest BCUT2D eigenvalue weighted by molar-refractivity contribution is 7.89. The number of urea groups is 1. The van der Waals surface area contributed by atoms with Crippen LogP contribution in [-0.4, -0.2) is 209 Å². The fraction of sp³-hybridized carbons (Fsp3) is 0.431. The second-order valence-corrected chi connectivity index (χ2v) is 34.3. The molecule has 0 bridgehead atoms. The number of nitrogens with zero attached hydrogens (tertiary/aromatic N) is 12. The van der Waals surface area contributed by atoms with Crippen molar-refractivity contribution in [3.05, 3.63) is 185 Å². The van der Waals surface area contributed by atoms with E-state index in [-0.39, 0.29) is 85.0 Å². The van der Waals surface area contributed by atoms with E-state index in [0.717, 1.165) is 43.9 Å². The molecule has 8 aromatic heterocycles. The third-order valence-electron chi connectivity index (χ3n) is 16.2. The van der Waals surface area contributed by atoms with Crippen molar-refractivity contribution in [3.8, 4) is 23.0 Å². The molecular weight excluding hydrogens is 1420 g/mol. The second-order valence-electron chi connectivity index (χ2n) is 26.1. The number of aryl methyl sites for hydroxylation is 8. The Bertz CT molecular complexity index is 4620. The third-order valence-corrected chi connectivity index (χ3v) is 23.7. The van der Waals surface area contributed by atoms with Gasteiger partial charge in [-0.3, -0.25) is 33.4 Å². The number of pyridine rings is 6. The zero-order chi connectivity index (χ0) is 74.6. The summed E-state index contributed by atoms with van der Waals surface area (Å²) < 4.78 is 85.1. The maximum atomic E-state index is 12.6. The number of rotatable bonds is 24. The van der Waals surface area contributed by atoms with E-state index in [9.17, 15) is 45.0 Å². The fourth-order valence-electron chi connectivity index (χ4n) is 10.6. The lowest BCUT2D eigenvalue weighted by Crippen LogP contribution is -2.58. The van der Waals surface area contributed by atoms with Crippen molar-refractivity contribution < 1.29 is 64.0 Å². The van der Waals surface area contributed by atoms with Gasteiger partial charge in [-0.05, 0) is 99.4 Å². The summed E-state index contributed by atoms with van der Waals surface area (Å²) in [7, 11) is -3.73. The van der Waals surface area contributed by atoms with E-state index in [4.69, 9.17) is 18.9 Å². The highest BCUT2D eigenvalue weighted by Crippen LogP contribution is 2.28. The fourth-order valence-corrected chi connectivity index (χ4v) is 15.5. The van der Waals surface area contributed by atoms with Gasteiger partial charge in [0.1, 0.15) is 80.2 Å². The minimum atomic E-state index is -3.25. The monoisotopic (exact) mass is 1500 g/mol. The maximum absolute atomic E-state index is 12.6. The molecule has 31 heteroatoms. The zero-order valence-corrected chi connectivity index (χ0v) is 64.0. The van der Waals surface area contributed by atoms with Crippen molar-refractivity contribution in [2.24, 2.45) is 0 Å². The van der Waals surface area contributed by atoms with Crippen LogP contribution in [0.5, 0.6) is 23.0 Å². The summed E-state index contributed by atoms with van der Waals surface area (Å²) in [5, 5.41) is 4.99. The van der Waals surface area contributed by atoms with Gasteiger partial charge in [-0.1, -0.05) is 12.1 Å². The first kappa shape index (κ1) is 78.4.